The first kappa shape index (κ1) is 15.8. The second-order valence-electron chi connectivity index (χ2n) is 5.12. The van der Waals surface area contributed by atoms with Crippen LogP contribution in [0.1, 0.15) is 22.0 Å². The van der Waals surface area contributed by atoms with Gasteiger partial charge in [-0.1, -0.05) is 11.3 Å². The highest BCUT2D eigenvalue weighted by molar-refractivity contribution is 7.15. The number of nitrogens with zero attached hydrogens (tertiary/aromatic N) is 4. The monoisotopic (exact) mass is 344 g/mol. The van der Waals surface area contributed by atoms with E-state index in [9.17, 15) is 23.3 Å². The number of fused-ring (bicyclic) bond motifs is 1. The topological polar surface area (TPSA) is 72.2 Å². The Labute approximate surface area is 132 Å². The quantitative estimate of drug-likeness (QED) is 0.632. The van der Waals surface area contributed by atoms with E-state index in [0.29, 0.717) is 37.3 Å². The van der Waals surface area contributed by atoms with Crippen LogP contribution in [0.3, 0.4) is 0 Å². The number of halogens is 3. The average molecular weight is 344 g/mol. The van der Waals surface area contributed by atoms with E-state index in [-0.39, 0.29) is 5.00 Å². The van der Waals surface area contributed by atoms with Crippen LogP contribution in [0.25, 0.3) is 0 Å². The first-order valence-corrected chi connectivity index (χ1v) is 7.52. The van der Waals surface area contributed by atoms with Gasteiger partial charge in [-0.25, -0.2) is 9.97 Å². The Morgan fingerprint density at radius 2 is 2.17 bits per heavy atom. The molecule has 3 heterocycles. The number of hydrogen-bond acceptors (Lipinski definition) is 6. The molecular weight excluding hydrogens is 333 g/mol. The smallest absolute Gasteiger partial charge is 0.293 e. The van der Waals surface area contributed by atoms with Gasteiger partial charge in [0.1, 0.15) is 0 Å². The Balaban J connectivity index is 1.71. The number of aromatic nitrogens is 2. The molecular formula is C13H11F3N4O2S. The Morgan fingerprint density at radius 3 is 2.83 bits per heavy atom. The Kier molecular flexibility index (Phi) is 4.02. The van der Waals surface area contributed by atoms with Gasteiger partial charge in [-0.3, -0.25) is 15.0 Å². The summed E-state index contributed by atoms with van der Waals surface area (Å²) in [5, 5.41) is 10.8. The van der Waals surface area contributed by atoms with Crippen LogP contribution in [0.2, 0.25) is 0 Å². The van der Waals surface area contributed by atoms with Gasteiger partial charge >= 0.3 is 11.2 Å². The zero-order valence-corrected chi connectivity index (χ0v) is 12.5. The molecule has 0 atom stereocenters. The van der Waals surface area contributed by atoms with Crippen molar-refractivity contribution in [2.24, 2.45) is 0 Å². The lowest BCUT2D eigenvalue weighted by atomic mass is 10.1. The van der Waals surface area contributed by atoms with E-state index in [0.717, 1.165) is 16.2 Å². The number of alkyl halides is 3. The molecule has 0 saturated heterocycles. The van der Waals surface area contributed by atoms with Crippen molar-refractivity contribution in [1.29, 1.82) is 0 Å². The van der Waals surface area contributed by atoms with E-state index in [2.05, 4.69) is 9.97 Å². The summed E-state index contributed by atoms with van der Waals surface area (Å²) in [5.74, 6) is -1.11. The molecule has 0 aromatic carbocycles. The molecule has 10 heteroatoms. The van der Waals surface area contributed by atoms with E-state index in [1.165, 1.54) is 12.3 Å². The Morgan fingerprint density at radius 1 is 1.39 bits per heavy atom. The van der Waals surface area contributed by atoms with Crippen LogP contribution in [-0.2, 0) is 25.7 Å². The minimum atomic E-state index is -4.54. The molecule has 2 aromatic rings. The van der Waals surface area contributed by atoms with E-state index in [1.807, 2.05) is 4.90 Å². The van der Waals surface area contributed by atoms with Crippen molar-refractivity contribution in [2.45, 2.75) is 25.7 Å². The van der Waals surface area contributed by atoms with E-state index in [4.69, 9.17) is 0 Å². The number of nitro groups is 1. The zero-order chi connectivity index (χ0) is 16.6. The van der Waals surface area contributed by atoms with Gasteiger partial charge in [0.05, 0.1) is 10.6 Å². The molecule has 1 aliphatic heterocycles. The Bertz CT molecular complexity index is 747. The van der Waals surface area contributed by atoms with Crippen LogP contribution >= 0.6 is 11.3 Å². The van der Waals surface area contributed by atoms with Gasteiger partial charge in [0.15, 0.2) is 0 Å². The van der Waals surface area contributed by atoms with Gasteiger partial charge < -0.3 is 0 Å². The molecule has 0 fully saturated rings. The lowest BCUT2D eigenvalue weighted by Gasteiger charge is -2.27. The third kappa shape index (κ3) is 3.48. The molecule has 122 valence electrons. The van der Waals surface area contributed by atoms with Crippen LogP contribution in [0, 0.1) is 10.1 Å². The van der Waals surface area contributed by atoms with E-state index in [1.54, 1.807) is 6.07 Å². The zero-order valence-electron chi connectivity index (χ0n) is 11.7. The van der Waals surface area contributed by atoms with Crippen molar-refractivity contribution >= 4 is 16.3 Å². The first-order chi connectivity index (χ1) is 10.8. The van der Waals surface area contributed by atoms with Crippen molar-refractivity contribution < 1.29 is 18.1 Å². The number of rotatable bonds is 3. The summed E-state index contributed by atoms with van der Waals surface area (Å²) in [4.78, 5) is 20.1. The van der Waals surface area contributed by atoms with Crippen molar-refractivity contribution in [3.8, 4) is 0 Å². The average Bonchev–Trinajstić information content (AvgIpc) is 2.94. The second kappa shape index (κ2) is 5.85. The van der Waals surface area contributed by atoms with Gasteiger partial charge in [-0.05, 0) is 6.07 Å². The molecule has 0 spiro atoms. The first-order valence-electron chi connectivity index (χ1n) is 6.70. The third-order valence-corrected chi connectivity index (χ3v) is 4.50. The van der Waals surface area contributed by atoms with Gasteiger partial charge in [-0.2, -0.15) is 13.2 Å². The predicted molar refractivity (Wildman–Crippen MR) is 75.8 cm³/mol. The molecule has 6 nitrogen and oxygen atoms in total. The summed E-state index contributed by atoms with van der Waals surface area (Å²) in [6.07, 6.45) is -2.93. The van der Waals surface area contributed by atoms with Crippen LogP contribution in [0.5, 0.6) is 0 Å². The summed E-state index contributed by atoms with van der Waals surface area (Å²) in [6.45, 7) is 1.49. The third-order valence-electron chi connectivity index (χ3n) is 3.47. The molecule has 0 aliphatic carbocycles. The molecule has 0 bridgehead atoms. The van der Waals surface area contributed by atoms with Gasteiger partial charge in [-0.15, -0.1) is 0 Å². The lowest BCUT2D eigenvalue weighted by Crippen LogP contribution is -2.31. The van der Waals surface area contributed by atoms with E-state index < -0.39 is 16.9 Å². The molecule has 0 radical (unpaired) electrons. The minimum absolute atomic E-state index is 0.0792. The molecule has 0 saturated carbocycles. The highest BCUT2D eigenvalue weighted by Crippen LogP contribution is 2.29. The molecule has 0 amide bonds. The normalized spacial score (nSPS) is 15.4. The maximum absolute atomic E-state index is 12.6. The molecule has 2 aromatic heterocycles. The van der Waals surface area contributed by atoms with Crippen molar-refractivity contribution in [3.05, 3.63) is 50.4 Å². The maximum atomic E-state index is 12.6. The van der Waals surface area contributed by atoms with Crippen LogP contribution in [-0.4, -0.2) is 26.3 Å². The fraction of sp³-hybridized carbons (Fsp3) is 0.385. The summed E-state index contributed by atoms with van der Waals surface area (Å²) < 4.78 is 37.8. The van der Waals surface area contributed by atoms with Gasteiger partial charge in [0, 0.05) is 48.8 Å². The van der Waals surface area contributed by atoms with Crippen LogP contribution in [0.15, 0.2) is 18.3 Å². The molecule has 0 N–H and O–H groups in total. The summed E-state index contributed by atoms with van der Waals surface area (Å²) >= 11 is 1.10. The van der Waals surface area contributed by atoms with Crippen LogP contribution < -0.4 is 0 Å². The summed E-state index contributed by atoms with van der Waals surface area (Å²) in [7, 11) is 0. The molecule has 0 unspecified atom stereocenters. The lowest BCUT2D eigenvalue weighted by molar-refractivity contribution is -0.380. The maximum Gasteiger partial charge on any atom is 0.451 e. The van der Waals surface area contributed by atoms with Crippen molar-refractivity contribution in [3.63, 3.8) is 0 Å². The Hall–Kier alpha value is -2.07. The summed E-state index contributed by atoms with van der Waals surface area (Å²) in [5.41, 5.74) is 1.08. The van der Waals surface area contributed by atoms with Gasteiger partial charge in [0.2, 0.25) is 5.82 Å². The van der Waals surface area contributed by atoms with Crippen molar-refractivity contribution in [1.82, 2.24) is 14.9 Å². The highest BCUT2D eigenvalue weighted by atomic mass is 32.1. The predicted octanol–water partition coefficient (Wildman–Crippen LogP) is 3.02. The van der Waals surface area contributed by atoms with Gasteiger partial charge in [0.25, 0.3) is 0 Å². The second-order valence-corrected chi connectivity index (χ2v) is 6.27. The largest absolute Gasteiger partial charge is 0.451 e. The fourth-order valence-corrected chi connectivity index (χ4v) is 3.28. The molecule has 23 heavy (non-hydrogen) atoms. The molecule has 1 aliphatic rings. The van der Waals surface area contributed by atoms with E-state index >= 15 is 0 Å². The summed E-state index contributed by atoms with van der Waals surface area (Å²) in [6, 6.07) is 3.15. The number of hydrogen-bond donors (Lipinski definition) is 0. The molecule has 3 rings (SSSR count). The fourth-order valence-electron chi connectivity index (χ4n) is 2.42. The SMILES string of the molecule is O=[N+]([O-])c1ccc(CN2CCc3nc(C(F)(F)F)ncc3C2)s1. The number of thiophene rings is 1. The highest BCUT2D eigenvalue weighted by Gasteiger charge is 2.35. The van der Waals surface area contributed by atoms with Crippen molar-refractivity contribution in [2.75, 3.05) is 6.54 Å². The van der Waals surface area contributed by atoms with Crippen LogP contribution in [0.4, 0.5) is 18.2 Å². The standard InChI is InChI=1S/C13H11F3N4O2S/c14-13(15,16)12-17-5-8-6-19(4-3-10(8)18-12)7-9-1-2-11(23-9)20(21)22/h1-2,5H,3-4,6-7H2. The minimum Gasteiger partial charge on any atom is -0.293 e.